The fourth-order valence-corrected chi connectivity index (χ4v) is 2.18. The van der Waals surface area contributed by atoms with Gasteiger partial charge in [-0.1, -0.05) is 42.0 Å². The number of halogens is 2. The maximum Gasteiger partial charge on any atom is 0.241 e. The Bertz CT molecular complexity index is 449. The number of aryl methyl sites for hydroxylation is 1. The average molecular weight is 301 g/mol. The SMILES string of the molecule is Cl.O=C(NCCCc1ccccc1Cl)C1C=CCN1. The van der Waals surface area contributed by atoms with Crippen LogP contribution in [0.25, 0.3) is 0 Å². The molecule has 0 spiro atoms. The largest absolute Gasteiger partial charge is 0.354 e. The molecule has 104 valence electrons. The molecule has 2 N–H and O–H groups in total. The van der Waals surface area contributed by atoms with Gasteiger partial charge in [0, 0.05) is 18.1 Å². The van der Waals surface area contributed by atoms with Gasteiger partial charge >= 0.3 is 0 Å². The second kappa shape index (κ2) is 8.20. The predicted molar refractivity (Wildman–Crippen MR) is 81.0 cm³/mol. The molecule has 0 bridgehead atoms. The summed E-state index contributed by atoms with van der Waals surface area (Å²) in [5.74, 6) is 0.0444. The van der Waals surface area contributed by atoms with Crippen LogP contribution >= 0.6 is 24.0 Å². The van der Waals surface area contributed by atoms with Crippen LogP contribution in [0.15, 0.2) is 36.4 Å². The Morgan fingerprint density at radius 2 is 2.21 bits per heavy atom. The molecule has 19 heavy (non-hydrogen) atoms. The second-order valence-electron chi connectivity index (χ2n) is 4.30. The van der Waals surface area contributed by atoms with Crippen molar-refractivity contribution in [1.82, 2.24) is 10.6 Å². The van der Waals surface area contributed by atoms with Crippen LogP contribution in [0.5, 0.6) is 0 Å². The van der Waals surface area contributed by atoms with Gasteiger partial charge in [0.1, 0.15) is 6.04 Å². The summed E-state index contributed by atoms with van der Waals surface area (Å²) < 4.78 is 0. The first-order valence-corrected chi connectivity index (χ1v) is 6.56. The van der Waals surface area contributed by atoms with Gasteiger partial charge in [-0.3, -0.25) is 10.1 Å². The van der Waals surface area contributed by atoms with E-state index in [0.717, 1.165) is 30.0 Å². The van der Waals surface area contributed by atoms with Crippen molar-refractivity contribution in [2.75, 3.05) is 13.1 Å². The zero-order valence-corrected chi connectivity index (χ0v) is 12.1. The maximum absolute atomic E-state index is 11.7. The lowest BCUT2D eigenvalue weighted by atomic mass is 10.1. The molecule has 5 heteroatoms. The third kappa shape index (κ3) is 4.86. The normalized spacial score (nSPS) is 17.0. The Morgan fingerprint density at radius 3 is 2.89 bits per heavy atom. The Morgan fingerprint density at radius 1 is 1.42 bits per heavy atom. The summed E-state index contributed by atoms with van der Waals surface area (Å²) in [4.78, 5) is 11.7. The molecule has 1 aliphatic rings. The lowest BCUT2D eigenvalue weighted by Crippen LogP contribution is -2.40. The van der Waals surface area contributed by atoms with Gasteiger partial charge in [-0.25, -0.2) is 0 Å². The third-order valence-electron chi connectivity index (χ3n) is 2.95. The quantitative estimate of drug-likeness (QED) is 0.647. The van der Waals surface area contributed by atoms with Gasteiger partial charge in [-0.2, -0.15) is 0 Å². The van der Waals surface area contributed by atoms with Crippen molar-refractivity contribution < 1.29 is 4.79 Å². The predicted octanol–water partition coefficient (Wildman–Crippen LogP) is 2.34. The summed E-state index contributed by atoms with van der Waals surface area (Å²) in [6.07, 6.45) is 5.64. The minimum Gasteiger partial charge on any atom is -0.354 e. The highest BCUT2D eigenvalue weighted by Gasteiger charge is 2.16. The van der Waals surface area contributed by atoms with E-state index in [9.17, 15) is 4.79 Å². The van der Waals surface area contributed by atoms with Crippen molar-refractivity contribution in [2.24, 2.45) is 0 Å². The highest BCUT2D eigenvalue weighted by molar-refractivity contribution is 6.31. The molecule has 1 unspecified atom stereocenters. The van der Waals surface area contributed by atoms with Gasteiger partial charge in [-0.15, -0.1) is 12.4 Å². The summed E-state index contributed by atoms with van der Waals surface area (Å²) in [6.45, 7) is 1.45. The average Bonchev–Trinajstić information content (AvgIpc) is 2.90. The lowest BCUT2D eigenvalue weighted by Gasteiger charge is -2.10. The first-order chi connectivity index (χ1) is 8.77. The minimum atomic E-state index is -0.162. The zero-order valence-electron chi connectivity index (χ0n) is 10.6. The maximum atomic E-state index is 11.7. The minimum absolute atomic E-state index is 0. The van der Waals surface area contributed by atoms with Gasteiger partial charge in [0.05, 0.1) is 0 Å². The molecule has 1 atom stereocenters. The topological polar surface area (TPSA) is 41.1 Å². The molecule has 1 amide bonds. The molecule has 1 aliphatic heterocycles. The Hall–Kier alpha value is -1.03. The number of nitrogens with one attached hydrogen (secondary N) is 2. The van der Waals surface area contributed by atoms with Gasteiger partial charge in [0.2, 0.25) is 5.91 Å². The van der Waals surface area contributed by atoms with Gasteiger partial charge in [-0.05, 0) is 24.5 Å². The number of hydrogen-bond donors (Lipinski definition) is 2. The number of carbonyl (C=O) groups excluding carboxylic acids is 1. The molecule has 2 rings (SSSR count). The van der Waals surface area contributed by atoms with E-state index in [4.69, 9.17) is 11.6 Å². The molecule has 0 saturated heterocycles. The van der Waals surface area contributed by atoms with Crippen molar-refractivity contribution in [3.8, 4) is 0 Å². The van der Waals surface area contributed by atoms with E-state index in [1.165, 1.54) is 0 Å². The van der Waals surface area contributed by atoms with Crippen molar-refractivity contribution >= 4 is 29.9 Å². The Labute approximate surface area is 124 Å². The number of amides is 1. The van der Waals surface area contributed by atoms with E-state index in [2.05, 4.69) is 10.6 Å². The summed E-state index contributed by atoms with van der Waals surface area (Å²) in [5, 5.41) is 6.79. The summed E-state index contributed by atoms with van der Waals surface area (Å²) in [6, 6.07) is 7.65. The van der Waals surface area contributed by atoms with Crippen LogP contribution in [0.1, 0.15) is 12.0 Å². The molecule has 3 nitrogen and oxygen atoms in total. The third-order valence-corrected chi connectivity index (χ3v) is 3.32. The van der Waals surface area contributed by atoms with Crippen LogP contribution in [0.2, 0.25) is 5.02 Å². The Balaban J connectivity index is 0.00000180. The smallest absolute Gasteiger partial charge is 0.241 e. The van der Waals surface area contributed by atoms with Gasteiger partial charge in [0.15, 0.2) is 0 Å². The van der Waals surface area contributed by atoms with Gasteiger partial charge in [0.25, 0.3) is 0 Å². The number of carbonyl (C=O) groups is 1. The van der Waals surface area contributed by atoms with Crippen molar-refractivity contribution in [2.45, 2.75) is 18.9 Å². The van der Waals surface area contributed by atoms with E-state index in [1.807, 2.05) is 36.4 Å². The lowest BCUT2D eigenvalue weighted by molar-refractivity contribution is -0.121. The van der Waals surface area contributed by atoms with Crippen LogP contribution in [-0.4, -0.2) is 25.0 Å². The summed E-state index contributed by atoms with van der Waals surface area (Å²) >= 11 is 6.06. The number of rotatable bonds is 5. The van der Waals surface area contributed by atoms with Crippen LogP contribution in [-0.2, 0) is 11.2 Å². The fraction of sp³-hybridized carbons (Fsp3) is 0.357. The first-order valence-electron chi connectivity index (χ1n) is 6.18. The zero-order chi connectivity index (χ0) is 12.8. The molecular weight excluding hydrogens is 283 g/mol. The van der Waals surface area contributed by atoms with E-state index < -0.39 is 0 Å². The number of hydrogen-bond acceptors (Lipinski definition) is 2. The summed E-state index contributed by atoms with van der Waals surface area (Å²) in [7, 11) is 0. The van der Waals surface area contributed by atoms with E-state index in [0.29, 0.717) is 6.54 Å². The molecule has 1 aromatic rings. The second-order valence-corrected chi connectivity index (χ2v) is 4.71. The van der Waals surface area contributed by atoms with E-state index >= 15 is 0 Å². The molecular formula is C14H18Cl2N2O. The van der Waals surface area contributed by atoms with E-state index in [1.54, 1.807) is 0 Å². The number of benzene rings is 1. The van der Waals surface area contributed by atoms with Gasteiger partial charge < -0.3 is 5.32 Å². The van der Waals surface area contributed by atoms with E-state index in [-0.39, 0.29) is 24.4 Å². The van der Waals surface area contributed by atoms with Crippen LogP contribution in [0, 0.1) is 0 Å². The Kier molecular flexibility index (Phi) is 6.92. The molecule has 0 aliphatic carbocycles. The van der Waals surface area contributed by atoms with Crippen LogP contribution < -0.4 is 10.6 Å². The van der Waals surface area contributed by atoms with Crippen molar-refractivity contribution in [1.29, 1.82) is 0 Å². The fourth-order valence-electron chi connectivity index (χ4n) is 1.95. The molecule has 0 saturated carbocycles. The molecule has 1 heterocycles. The molecule has 0 aromatic heterocycles. The monoisotopic (exact) mass is 300 g/mol. The highest BCUT2D eigenvalue weighted by Crippen LogP contribution is 2.16. The molecule has 0 radical (unpaired) electrons. The highest BCUT2D eigenvalue weighted by atomic mass is 35.5. The van der Waals surface area contributed by atoms with Crippen LogP contribution in [0.3, 0.4) is 0 Å². The van der Waals surface area contributed by atoms with Crippen LogP contribution in [0.4, 0.5) is 0 Å². The standard InChI is InChI=1S/C14H17ClN2O.ClH/c15-12-7-2-1-5-11(12)6-3-10-17-14(18)13-8-4-9-16-13;/h1-2,4-5,7-8,13,16H,3,6,9-10H2,(H,17,18);1H. The molecule has 1 aromatic carbocycles. The summed E-state index contributed by atoms with van der Waals surface area (Å²) in [5.41, 5.74) is 1.13. The van der Waals surface area contributed by atoms with Crippen molar-refractivity contribution in [3.05, 3.63) is 47.0 Å². The first kappa shape index (κ1) is 16.0. The molecule has 0 fully saturated rings. The van der Waals surface area contributed by atoms with Crippen molar-refractivity contribution in [3.63, 3.8) is 0 Å².